The molecule has 0 bridgehead atoms. The third kappa shape index (κ3) is 3.06. The lowest BCUT2D eigenvalue weighted by atomic mass is 10.1. The van der Waals surface area contributed by atoms with Crippen molar-refractivity contribution in [3.8, 4) is 11.5 Å². The third-order valence-electron chi connectivity index (χ3n) is 2.07. The molecule has 3 nitrogen and oxygen atoms in total. The summed E-state index contributed by atoms with van der Waals surface area (Å²) in [7, 11) is 1.50. The Hall–Kier alpha value is -1.36. The van der Waals surface area contributed by atoms with Gasteiger partial charge in [0.15, 0.2) is 0 Å². The van der Waals surface area contributed by atoms with Crippen molar-refractivity contribution in [2.45, 2.75) is 19.4 Å². The van der Waals surface area contributed by atoms with E-state index in [9.17, 15) is 8.78 Å². The summed E-state index contributed by atoms with van der Waals surface area (Å²) in [6.07, 6.45) is -2.51. The molecule has 0 aliphatic carbocycles. The largest absolute Gasteiger partial charge is 0.496 e. The first-order valence-corrected chi connectivity index (χ1v) is 4.89. The van der Waals surface area contributed by atoms with E-state index < -0.39 is 13.0 Å². The highest BCUT2D eigenvalue weighted by Crippen LogP contribution is 2.32. The molecule has 0 saturated carbocycles. The van der Waals surface area contributed by atoms with Crippen LogP contribution in [0.3, 0.4) is 0 Å². The van der Waals surface area contributed by atoms with Crippen LogP contribution in [0.15, 0.2) is 18.2 Å². The average molecular weight is 231 g/mol. The summed E-state index contributed by atoms with van der Waals surface area (Å²) in [5, 5.41) is 0. The van der Waals surface area contributed by atoms with Gasteiger partial charge in [-0.2, -0.15) is 0 Å². The van der Waals surface area contributed by atoms with Crippen LogP contribution in [0.1, 0.15) is 18.5 Å². The summed E-state index contributed by atoms with van der Waals surface area (Å²) in [5.74, 6) is 0.886. The molecule has 0 saturated heterocycles. The van der Waals surface area contributed by atoms with Gasteiger partial charge in [0.2, 0.25) is 0 Å². The Bertz CT molecular complexity index is 343. The van der Waals surface area contributed by atoms with E-state index in [0.717, 1.165) is 0 Å². The molecule has 16 heavy (non-hydrogen) atoms. The highest BCUT2D eigenvalue weighted by molar-refractivity contribution is 5.46. The summed E-state index contributed by atoms with van der Waals surface area (Å²) in [5.41, 5.74) is 6.35. The molecule has 90 valence electrons. The van der Waals surface area contributed by atoms with Gasteiger partial charge in [-0.25, -0.2) is 8.78 Å². The molecule has 1 atom stereocenters. The first-order valence-electron chi connectivity index (χ1n) is 4.89. The van der Waals surface area contributed by atoms with Gasteiger partial charge in [0.1, 0.15) is 18.1 Å². The average Bonchev–Trinajstić information content (AvgIpc) is 2.25. The number of rotatable bonds is 5. The second-order valence-electron chi connectivity index (χ2n) is 3.36. The van der Waals surface area contributed by atoms with Crippen LogP contribution in [0.4, 0.5) is 8.78 Å². The number of ether oxygens (including phenoxy) is 2. The highest BCUT2D eigenvalue weighted by atomic mass is 19.3. The molecular weight excluding hydrogens is 216 g/mol. The maximum atomic E-state index is 12.0. The molecule has 0 unspecified atom stereocenters. The van der Waals surface area contributed by atoms with E-state index in [4.69, 9.17) is 15.2 Å². The summed E-state index contributed by atoms with van der Waals surface area (Å²) in [6, 6.07) is 4.65. The second-order valence-corrected chi connectivity index (χ2v) is 3.36. The van der Waals surface area contributed by atoms with Gasteiger partial charge in [0, 0.05) is 6.04 Å². The smallest absolute Gasteiger partial charge is 0.272 e. The minimum absolute atomic E-state index is 0.342. The summed E-state index contributed by atoms with van der Waals surface area (Å²) < 4.78 is 34.2. The molecule has 0 radical (unpaired) electrons. The van der Waals surface area contributed by atoms with Crippen LogP contribution in [-0.2, 0) is 0 Å². The number of hydrogen-bond donors (Lipinski definition) is 1. The van der Waals surface area contributed by atoms with Crippen LogP contribution in [0.2, 0.25) is 0 Å². The van der Waals surface area contributed by atoms with Crippen LogP contribution < -0.4 is 15.2 Å². The monoisotopic (exact) mass is 231 g/mol. The molecule has 0 aromatic heterocycles. The molecule has 0 fully saturated rings. The number of hydrogen-bond acceptors (Lipinski definition) is 3. The summed E-state index contributed by atoms with van der Waals surface area (Å²) in [4.78, 5) is 0. The zero-order valence-corrected chi connectivity index (χ0v) is 9.24. The first kappa shape index (κ1) is 12.7. The van der Waals surface area contributed by atoms with Gasteiger partial charge in [0.25, 0.3) is 6.43 Å². The number of nitrogens with two attached hydrogens (primary N) is 1. The fourth-order valence-electron chi connectivity index (χ4n) is 1.43. The predicted molar refractivity (Wildman–Crippen MR) is 57.1 cm³/mol. The molecule has 0 spiro atoms. The summed E-state index contributed by atoms with van der Waals surface area (Å²) in [6.45, 7) is 1.10. The van der Waals surface area contributed by atoms with Gasteiger partial charge >= 0.3 is 0 Å². The standard InChI is InChI=1S/C11H15F2NO2/c1-7(14)11-8(15-2)4-3-5-9(11)16-6-10(12)13/h3-5,7,10H,6,14H2,1-2H3/t7-/m0/s1. The van der Waals surface area contributed by atoms with E-state index in [-0.39, 0.29) is 6.04 Å². The molecule has 1 rings (SSSR count). The quantitative estimate of drug-likeness (QED) is 0.846. The van der Waals surface area contributed by atoms with Gasteiger partial charge in [-0.1, -0.05) is 6.07 Å². The van der Waals surface area contributed by atoms with E-state index in [1.807, 2.05) is 0 Å². The van der Waals surface area contributed by atoms with Crippen molar-refractivity contribution >= 4 is 0 Å². The number of halogens is 2. The Balaban J connectivity index is 2.97. The van der Waals surface area contributed by atoms with E-state index in [1.54, 1.807) is 25.1 Å². The Morgan fingerprint density at radius 1 is 1.31 bits per heavy atom. The van der Waals surface area contributed by atoms with Gasteiger partial charge in [0.05, 0.1) is 12.7 Å². The lowest BCUT2D eigenvalue weighted by Gasteiger charge is -2.17. The molecule has 1 aromatic rings. The van der Waals surface area contributed by atoms with Crippen molar-refractivity contribution in [2.24, 2.45) is 5.73 Å². The topological polar surface area (TPSA) is 44.5 Å². The van der Waals surface area contributed by atoms with Crippen molar-refractivity contribution in [3.05, 3.63) is 23.8 Å². The van der Waals surface area contributed by atoms with E-state index >= 15 is 0 Å². The SMILES string of the molecule is COc1cccc(OCC(F)F)c1[C@H](C)N. The van der Waals surface area contributed by atoms with E-state index in [0.29, 0.717) is 17.1 Å². The third-order valence-corrected chi connectivity index (χ3v) is 2.07. The van der Waals surface area contributed by atoms with Crippen molar-refractivity contribution in [1.82, 2.24) is 0 Å². The molecule has 0 heterocycles. The van der Waals surface area contributed by atoms with Gasteiger partial charge < -0.3 is 15.2 Å². The van der Waals surface area contributed by atoms with Crippen molar-refractivity contribution in [1.29, 1.82) is 0 Å². The minimum Gasteiger partial charge on any atom is -0.496 e. The van der Waals surface area contributed by atoms with Crippen molar-refractivity contribution < 1.29 is 18.3 Å². The number of methoxy groups -OCH3 is 1. The van der Waals surface area contributed by atoms with Gasteiger partial charge in [-0.15, -0.1) is 0 Å². The fourth-order valence-corrected chi connectivity index (χ4v) is 1.43. The normalized spacial score (nSPS) is 12.6. The predicted octanol–water partition coefficient (Wildman–Crippen LogP) is 2.36. The highest BCUT2D eigenvalue weighted by Gasteiger charge is 2.15. The molecule has 2 N–H and O–H groups in total. The molecule has 1 aromatic carbocycles. The Morgan fingerprint density at radius 3 is 2.44 bits per heavy atom. The molecule has 0 aliphatic rings. The van der Waals surface area contributed by atoms with Crippen LogP contribution >= 0.6 is 0 Å². The van der Waals surface area contributed by atoms with Crippen LogP contribution in [0.5, 0.6) is 11.5 Å². The Labute approximate surface area is 93.2 Å². The zero-order valence-electron chi connectivity index (χ0n) is 9.24. The number of alkyl halides is 2. The summed E-state index contributed by atoms with van der Waals surface area (Å²) >= 11 is 0. The molecular formula is C11H15F2NO2. The molecule has 0 amide bonds. The number of benzene rings is 1. The van der Waals surface area contributed by atoms with Crippen molar-refractivity contribution in [2.75, 3.05) is 13.7 Å². The Morgan fingerprint density at radius 2 is 1.94 bits per heavy atom. The van der Waals surface area contributed by atoms with Crippen LogP contribution in [-0.4, -0.2) is 20.1 Å². The van der Waals surface area contributed by atoms with Gasteiger partial charge in [-0.3, -0.25) is 0 Å². The minimum atomic E-state index is -2.51. The maximum Gasteiger partial charge on any atom is 0.272 e. The molecule has 5 heteroatoms. The van der Waals surface area contributed by atoms with E-state index in [1.165, 1.54) is 7.11 Å². The van der Waals surface area contributed by atoms with Crippen LogP contribution in [0.25, 0.3) is 0 Å². The Kier molecular flexibility index (Phi) is 4.49. The van der Waals surface area contributed by atoms with Crippen molar-refractivity contribution in [3.63, 3.8) is 0 Å². The zero-order chi connectivity index (χ0) is 12.1. The molecule has 0 aliphatic heterocycles. The lowest BCUT2D eigenvalue weighted by molar-refractivity contribution is 0.0811. The second kappa shape index (κ2) is 5.65. The van der Waals surface area contributed by atoms with E-state index in [2.05, 4.69) is 0 Å². The van der Waals surface area contributed by atoms with Gasteiger partial charge in [-0.05, 0) is 19.1 Å². The fraction of sp³-hybridized carbons (Fsp3) is 0.455. The first-order chi connectivity index (χ1) is 7.56. The maximum absolute atomic E-state index is 12.0. The van der Waals surface area contributed by atoms with Crippen LogP contribution in [0, 0.1) is 0 Å². The lowest BCUT2D eigenvalue weighted by Crippen LogP contribution is -2.13.